The Labute approximate surface area is 78.4 Å². The van der Waals surface area contributed by atoms with Gasteiger partial charge in [0, 0.05) is 0 Å². The minimum Gasteiger partial charge on any atom is -0.385 e. The molecule has 0 bridgehead atoms. The van der Waals surface area contributed by atoms with Crippen molar-refractivity contribution in [2.75, 3.05) is 0 Å². The summed E-state index contributed by atoms with van der Waals surface area (Å²) in [6, 6.07) is 7.41. The van der Waals surface area contributed by atoms with Crippen LogP contribution in [0.3, 0.4) is 0 Å². The monoisotopic (exact) mass is 174 g/mol. The van der Waals surface area contributed by atoms with Gasteiger partial charge in [-0.1, -0.05) is 19.4 Å². The van der Waals surface area contributed by atoms with Crippen LogP contribution in [0.15, 0.2) is 18.2 Å². The first-order valence-electron chi connectivity index (χ1n) is 4.32. The van der Waals surface area contributed by atoms with E-state index in [1.165, 1.54) is 0 Å². The molecule has 0 atom stereocenters. The molecule has 2 heteroatoms. The Morgan fingerprint density at radius 3 is 2.85 bits per heavy atom. The standard InChI is InChI=1S/C11H12NO/c1-2-3-10-5-4-9(7-12)6-11(10)8-13/h4-6,8,13H,2-3H2,1H3. The zero-order chi connectivity index (χ0) is 9.68. The molecule has 0 saturated carbocycles. The van der Waals surface area contributed by atoms with E-state index in [2.05, 4.69) is 6.92 Å². The number of rotatable bonds is 3. The highest BCUT2D eigenvalue weighted by Crippen LogP contribution is 2.14. The molecule has 2 nitrogen and oxygen atoms in total. The van der Waals surface area contributed by atoms with Crippen LogP contribution in [0.4, 0.5) is 0 Å². The van der Waals surface area contributed by atoms with Gasteiger partial charge >= 0.3 is 0 Å². The first-order valence-corrected chi connectivity index (χ1v) is 4.32. The third-order valence-electron chi connectivity index (χ3n) is 1.93. The van der Waals surface area contributed by atoms with Gasteiger partial charge in [0.2, 0.25) is 0 Å². The molecule has 0 aliphatic heterocycles. The van der Waals surface area contributed by atoms with E-state index in [9.17, 15) is 0 Å². The second kappa shape index (κ2) is 4.64. The van der Waals surface area contributed by atoms with Crippen LogP contribution in [0.2, 0.25) is 0 Å². The average molecular weight is 174 g/mol. The second-order valence-corrected chi connectivity index (χ2v) is 2.90. The Morgan fingerprint density at radius 2 is 2.31 bits per heavy atom. The highest BCUT2D eigenvalue weighted by atomic mass is 16.3. The lowest BCUT2D eigenvalue weighted by molar-refractivity contribution is 0.413. The van der Waals surface area contributed by atoms with Gasteiger partial charge in [0.15, 0.2) is 0 Å². The van der Waals surface area contributed by atoms with Gasteiger partial charge in [0.25, 0.3) is 0 Å². The number of nitrogens with zero attached hydrogens (tertiary/aromatic N) is 1. The van der Waals surface area contributed by atoms with Gasteiger partial charge in [-0.15, -0.1) is 0 Å². The summed E-state index contributed by atoms with van der Waals surface area (Å²) in [7, 11) is 0. The van der Waals surface area contributed by atoms with Gasteiger partial charge in [-0.3, -0.25) is 0 Å². The fraction of sp³-hybridized carbons (Fsp3) is 0.273. The molecule has 1 N–H and O–H groups in total. The maximum absolute atomic E-state index is 8.93. The van der Waals surface area contributed by atoms with Crippen LogP contribution >= 0.6 is 0 Å². The largest absolute Gasteiger partial charge is 0.385 e. The molecule has 0 heterocycles. The molecule has 0 fully saturated rings. The Kier molecular flexibility index (Phi) is 3.48. The quantitative estimate of drug-likeness (QED) is 0.764. The third-order valence-corrected chi connectivity index (χ3v) is 1.93. The summed E-state index contributed by atoms with van der Waals surface area (Å²) < 4.78 is 0. The summed E-state index contributed by atoms with van der Waals surface area (Å²) in [5.41, 5.74) is 2.42. The van der Waals surface area contributed by atoms with Crippen LogP contribution in [0.1, 0.15) is 30.0 Å². The van der Waals surface area contributed by atoms with Gasteiger partial charge in [-0.05, 0) is 29.7 Å². The average Bonchev–Trinajstić information content (AvgIpc) is 2.19. The molecule has 0 amide bonds. The molecular formula is C11H12NO. The molecule has 0 aliphatic rings. The van der Waals surface area contributed by atoms with E-state index in [4.69, 9.17) is 10.4 Å². The van der Waals surface area contributed by atoms with Crippen molar-refractivity contribution in [2.24, 2.45) is 0 Å². The summed E-state index contributed by atoms with van der Waals surface area (Å²) in [5, 5.41) is 17.6. The molecule has 1 aromatic rings. The van der Waals surface area contributed by atoms with Crippen LogP contribution in [0, 0.1) is 17.9 Å². The Bertz CT molecular complexity index is 325. The Hall–Kier alpha value is -1.33. The number of hydrogen-bond acceptors (Lipinski definition) is 2. The topological polar surface area (TPSA) is 44.0 Å². The lowest BCUT2D eigenvalue weighted by atomic mass is 10.0. The van der Waals surface area contributed by atoms with Gasteiger partial charge in [-0.2, -0.15) is 5.26 Å². The number of nitriles is 1. The van der Waals surface area contributed by atoms with Gasteiger partial charge in [-0.25, -0.2) is 0 Å². The molecule has 0 saturated heterocycles. The number of aliphatic hydroxyl groups is 1. The molecule has 0 aliphatic carbocycles. The van der Waals surface area contributed by atoms with Crippen LogP contribution in [-0.4, -0.2) is 5.11 Å². The van der Waals surface area contributed by atoms with Crippen molar-refractivity contribution in [1.82, 2.24) is 0 Å². The Morgan fingerprint density at radius 1 is 1.54 bits per heavy atom. The predicted octanol–water partition coefficient (Wildman–Crippen LogP) is 2.39. The van der Waals surface area contributed by atoms with Gasteiger partial charge in [0.05, 0.1) is 11.6 Å². The van der Waals surface area contributed by atoms with Gasteiger partial charge < -0.3 is 5.11 Å². The lowest BCUT2D eigenvalue weighted by Gasteiger charge is -2.05. The zero-order valence-corrected chi connectivity index (χ0v) is 7.62. The number of aliphatic hydroxyl groups excluding tert-OH is 1. The van der Waals surface area contributed by atoms with E-state index in [1.54, 1.807) is 12.1 Å². The van der Waals surface area contributed by atoms with E-state index in [0.717, 1.165) is 30.6 Å². The second-order valence-electron chi connectivity index (χ2n) is 2.90. The van der Waals surface area contributed by atoms with Crippen LogP contribution in [0.5, 0.6) is 0 Å². The van der Waals surface area contributed by atoms with Crippen molar-refractivity contribution in [1.29, 1.82) is 5.26 Å². The normalized spacial score (nSPS) is 9.62. The first kappa shape index (κ1) is 9.76. The van der Waals surface area contributed by atoms with Crippen molar-refractivity contribution < 1.29 is 5.11 Å². The minimum atomic E-state index is 0.583. The molecular weight excluding hydrogens is 162 g/mol. The molecule has 13 heavy (non-hydrogen) atoms. The molecule has 1 rings (SSSR count). The molecule has 1 aromatic carbocycles. The third kappa shape index (κ3) is 2.30. The smallest absolute Gasteiger partial charge is 0.109 e. The van der Waals surface area contributed by atoms with E-state index < -0.39 is 0 Å². The van der Waals surface area contributed by atoms with E-state index in [0.29, 0.717) is 5.56 Å². The van der Waals surface area contributed by atoms with E-state index in [-0.39, 0.29) is 0 Å². The molecule has 0 aromatic heterocycles. The van der Waals surface area contributed by atoms with Crippen LogP contribution < -0.4 is 0 Å². The van der Waals surface area contributed by atoms with Gasteiger partial charge in [0.1, 0.15) is 6.61 Å². The summed E-state index contributed by atoms with van der Waals surface area (Å²) in [5.74, 6) is 0. The lowest BCUT2D eigenvalue weighted by Crippen LogP contribution is -1.93. The van der Waals surface area contributed by atoms with Crippen LogP contribution in [0.25, 0.3) is 0 Å². The van der Waals surface area contributed by atoms with Crippen molar-refractivity contribution in [3.63, 3.8) is 0 Å². The maximum atomic E-state index is 8.93. The molecule has 0 spiro atoms. The SMILES string of the molecule is CCCc1ccc(C#N)cc1[CH]O. The molecule has 0 unspecified atom stereocenters. The highest BCUT2D eigenvalue weighted by Gasteiger charge is 2.02. The van der Waals surface area contributed by atoms with E-state index in [1.807, 2.05) is 12.1 Å². The summed E-state index contributed by atoms with van der Waals surface area (Å²) in [4.78, 5) is 0. The number of benzene rings is 1. The number of aryl methyl sites for hydroxylation is 1. The molecule has 1 radical (unpaired) electrons. The summed E-state index contributed by atoms with van der Waals surface area (Å²) in [6.07, 6.45) is 1.96. The maximum Gasteiger partial charge on any atom is 0.109 e. The molecule has 67 valence electrons. The highest BCUT2D eigenvalue weighted by molar-refractivity contribution is 5.40. The van der Waals surface area contributed by atoms with Crippen molar-refractivity contribution in [3.05, 3.63) is 41.5 Å². The fourth-order valence-electron chi connectivity index (χ4n) is 1.28. The van der Waals surface area contributed by atoms with Crippen molar-refractivity contribution in [2.45, 2.75) is 19.8 Å². The predicted molar refractivity (Wildman–Crippen MR) is 50.5 cm³/mol. The van der Waals surface area contributed by atoms with E-state index >= 15 is 0 Å². The van der Waals surface area contributed by atoms with Crippen molar-refractivity contribution in [3.8, 4) is 6.07 Å². The Balaban J connectivity index is 3.02. The number of hydrogen-bond donors (Lipinski definition) is 1. The minimum absolute atomic E-state index is 0.583. The first-order chi connectivity index (χ1) is 6.31. The zero-order valence-electron chi connectivity index (χ0n) is 7.62. The van der Waals surface area contributed by atoms with Crippen LogP contribution in [-0.2, 0) is 6.42 Å². The van der Waals surface area contributed by atoms with Crippen molar-refractivity contribution >= 4 is 0 Å². The summed E-state index contributed by atoms with van der Waals surface area (Å²) in [6.45, 7) is 3.14. The fourth-order valence-corrected chi connectivity index (χ4v) is 1.28. The summed E-state index contributed by atoms with van der Waals surface area (Å²) >= 11 is 0.